The second-order valence-corrected chi connectivity index (χ2v) is 15.1. The van der Waals surface area contributed by atoms with E-state index in [1.807, 2.05) is 24.3 Å². The van der Waals surface area contributed by atoms with Crippen molar-refractivity contribution in [2.75, 3.05) is 0 Å². The predicted octanol–water partition coefficient (Wildman–Crippen LogP) is 12.8. The summed E-state index contributed by atoms with van der Waals surface area (Å²) in [5.74, 6) is 1.13. The number of allylic oxidation sites excluding steroid dienone is 19. The third-order valence-electron chi connectivity index (χ3n) is 7.89. The van der Waals surface area contributed by atoms with Gasteiger partial charge in [-0.3, -0.25) is 0 Å². The Balaban J connectivity index is 6.32. The van der Waals surface area contributed by atoms with E-state index in [4.69, 9.17) is 9.47 Å². The molecule has 0 aliphatic heterocycles. The molecule has 0 aliphatic rings. The molecule has 0 aromatic rings. The van der Waals surface area contributed by atoms with Crippen molar-refractivity contribution in [1.29, 1.82) is 0 Å². The van der Waals surface area contributed by atoms with E-state index in [0.29, 0.717) is 11.5 Å². The first-order valence-electron chi connectivity index (χ1n) is 16.5. The van der Waals surface area contributed by atoms with Gasteiger partial charge in [-0.1, -0.05) is 131 Å². The van der Waals surface area contributed by atoms with Crippen molar-refractivity contribution in [2.45, 2.75) is 59.0 Å². The molecule has 0 saturated heterocycles. The van der Waals surface area contributed by atoms with E-state index in [9.17, 15) is 13.5 Å². The molecule has 51 heavy (non-hydrogen) atoms. The lowest BCUT2D eigenvalue weighted by Gasteiger charge is -2.39. The third-order valence-corrected chi connectivity index (χ3v) is 11.1. The van der Waals surface area contributed by atoms with Crippen molar-refractivity contribution in [3.63, 3.8) is 0 Å². The SMILES string of the molecule is C=CCC(C)(CC)CC(C)(CC)O/C(C=C)=C/C=C(\C=C)P/C(C=C)=C/C=C(\C=C)O/C(C=C)=C/C=C(\C=C)S(=O)(=O)/C(C=C)=C/C=C(/O)C=C. The lowest BCUT2D eigenvalue weighted by atomic mass is 9.74. The number of hydrogen-bond donors (Lipinski definition) is 1. The molecule has 1 N–H and O–H groups in total. The standard InChI is InChI=1S/C44H57O5PS/c1-14-33-43(12,23-10)34-44(13,24-11)49-38(18-5)27-30-40(20-7)50-39(19-6)29-26-36(16-3)48-37(17-4)28-32-42(22-9)51(46,47)41(21-8)31-25-35(45)15-2/h14-22,25-32,45,50H,1-9,23-24,33-34H2,10-13H3/b35-25+,36-26+,37-28+,38-27+,39-29+,40-30+,41-31+,42-32+. The minimum atomic E-state index is -4.00. The maximum absolute atomic E-state index is 13.2. The van der Waals surface area contributed by atoms with Crippen molar-refractivity contribution in [3.8, 4) is 0 Å². The number of rotatable bonds is 26. The van der Waals surface area contributed by atoms with Gasteiger partial charge in [0, 0.05) is 0 Å². The summed E-state index contributed by atoms with van der Waals surface area (Å²) in [5.41, 5.74) is -0.282. The number of aliphatic hydroxyl groups excluding tert-OH is 1. The van der Waals surface area contributed by atoms with Crippen LogP contribution in [0.5, 0.6) is 0 Å². The maximum Gasteiger partial charge on any atom is 0.206 e. The molecule has 0 spiro atoms. The van der Waals surface area contributed by atoms with Crippen LogP contribution in [-0.4, -0.2) is 19.1 Å². The molecule has 0 saturated carbocycles. The Morgan fingerprint density at radius 2 is 1.10 bits per heavy atom. The molecule has 0 aliphatic carbocycles. The molecule has 0 rings (SSSR count). The van der Waals surface area contributed by atoms with Gasteiger partial charge >= 0.3 is 0 Å². The fourth-order valence-corrected chi connectivity index (χ4v) is 6.66. The Labute approximate surface area is 310 Å². The summed E-state index contributed by atoms with van der Waals surface area (Å²) in [6.45, 7) is 42.9. The molecule has 3 unspecified atom stereocenters. The van der Waals surface area contributed by atoms with Gasteiger partial charge in [0.15, 0.2) is 0 Å². The Morgan fingerprint density at radius 3 is 1.49 bits per heavy atom. The number of ether oxygens (including phenoxy) is 2. The van der Waals surface area contributed by atoms with Gasteiger partial charge in [0.25, 0.3) is 0 Å². The van der Waals surface area contributed by atoms with Crippen LogP contribution in [0, 0.1) is 5.41 Å². The smallest absolute Gasteiger partial charge is 0.206 e. The van der Waals surface area contributed by atoms with Gasteiger partial charge in [-0.25, -0.2) is 8.42 Å². The highest BCUT2D eigenvalue weighted by molar-refractivity contribution is 7.99. The second kappa shape index (κ2) is 23.7. The van der Waals surface area contributed by atoms with E-state index in [1.165, 1.54) is 54.7 Å². The largest absolute Gasteiger partial charge is 0.508 e. The highest BCUT2D eigenvalue weighted by Gasteiger charge is 2.34. The monoisotopic (exact) mass is 728 g/mol. The van der Waals surface area contributed by atoms with E-state index < -0.39 is 9.84 Å². The molecule has 0 heterocycles. The molecule has 0 radical (unpaired) electrons. The molecule has 0 fully saturated rings. The summed E-state index contributed by atoms with van der Waals surface area (Å²) < 4.78 is 38.8. The molecular weight excluding hydrogens is 672 g/mol. The normalized spacial score (nSPS) is 16.7. The van der Waals surface area contributed by atoms with E-state index in [0.717, 1.165) is 36.3 Å². The van der Waals surface area contributed by atoms with Gasteiger partial charge in [0.05, 0.1) is 9.81 Å². The minimum absolute atomic E-state index is 0.0873. The van der Waals surface area contributed by atoms with Gasteiger partial charge in [-0.05, 0) is 103 Å². The summed E-state index contributed by atoms with van der Waals surface area (Å²) in [7, 11) is -3.78. The third kappa shape index (κ3) is 16.3. The maximum atomic E-state index is 13.2. The first kappa shape index (κ1) is 46.4. The van der Waals surface area contributed by atoms with Crippen LogP contribution in [0.1, 0.15) is 53.4 Å². The van der Waals surface area contributed by atoms with Crippen LogP contribution in [0.3, 0.4) is 0 Å². The summed E-state index contributed by atoms with van der Waals surface area (Å²) in [5, 5.41) is 11.5. The molecule has 0 amide bonds. The van der Waals surface area contributed by atoms with Crippen LogP contribution in [0.2, 0.25) is 0 Å². The van der Waals surface area contributed by atoms with Crippen molar-refractivity contribution < 1.29 is 23.0 Å². The molecule has 274 valence electrons. The van der Waals surface area contributed by atoms with Gasteiger partial charge in [0.1, 0.15) is 28.6 Å². The zero-order valence-corrected chi connectivity index (χ0v) is 32.8. The van der Waals surface area contributed by atoms with Crippen LogP contribution in [0.4, 0.5) is 0 Å². The summed E-state index contributed by atoms with van der Waals surface area (Å²) in [4.78, 5) is -0.252. The minimum Gasteiger partial charge on any atom is -0.508 e. The van der Waals surface area contributed by atoms with Crippen molar-refractivity contribution in [1.82, 2.24) is 0 Å². The zero-order chi connectivity index (χ0) is 39.1. The van der Waals surface area contributed by atoms with Crippen LogP contribution in [0.25, 0.3) is 0 Å². The van der Waals surface area contributed by atoms with Crippen molar-refractivity contribution in [2.24, 2.45) is 5.41 Å². The van der Waals surface area contributed by atoms with Crippen LogP contribution >= 0.6 is 8.58 Å². The van der Waals surface area contributed by atoms with E-state index >= 15 is 0 Å². The fraction of sp³-hybridized carbons (Fsp3) is 0.227. The van der Waals surface area contributed by atoms with E-state index in [1.54, 1.807) is 24.3 Å². The molecular formula is C44H57O5PS. The Morgan fingerprint density at radius 1 is 0.627 bits per heavy atom. The molecule has 5 nitrogen and oxygen atoms in total. The molecule has 3 atom stereocenters. The lowest BCUT2D eigenvalue weighted by Crippen LogP contribution is -2.34. The van der Waals surface area contributed by atoms with E-state index in [2.05, 4.69) is 86.9 Å². The van der Waals surface area contributed by atoms with Crippen LogP contribution < -0.4 is 0 Å². The average Bonchev–Trinajstić information content (AvgIpc) is 3.12. The zero-order valence-electron chi connectivity index (χ0n) is 31.0. The Hall–Kier alpha value is -4.64. The van der Waals surface area contributed by atoms with Gasteiger partial charge < -0.3 is 14.6 Å². The number of hydrogen-bond acceptors (Lipinski definition) is 5. The van der Waals surface area contributed by atoms with E-state index in [-0.39, 0.29) is 40.9 Å². The molecule has 0 aromatic heterocycles. The van der Waals surface area contributed by atoms with Crippen LogP contribution in [0.15, 0.2) is 206 Å². The number of aliphatic hydroxyl groups is 1. The number of sulfone groups is 1. The topological polar surface area (TPSA) is 72.8 Å². The van der Waals surface area contributed by atoms with Crippen LogP contribution in [-0.2, 0) is 19.3 Å². The van der Waals surface area contributed by atoms with Gasteiger partial charge in [-0.2, -0.15) is 0 Å². The highest BCUT2D eigenvalue weighted by atomic mass is 32.2. The molecule has 0 aromatic carbocycles. The van der Waals surface area contributed by atoms with Crippen molar-refractivity contribution >= 4 is 18.4 Å². The Bertz CT molecular complexity index is 1690. The second-order valence-electron chi connectivity index (χ2n) is 11.8. The lowest BCUT2D eigenvalue weighted by molar-refractivity contribution is -0.0197. The first-order chi connectivity index (χ1) is 24.1. The predicted molar refractivity (Wildman–Crippen MR) is 225 cm³/mol. The fourth-order valence-electron chi connectivity index (χ4n) is 4.58. The summed E-state index contributed by atoms with van der Waals surface area (Å²) in [6.07, 6.45) is 30.1. The van der Waals surface area contributed by atoms with Gasteiger partial charge in [0.2, 0.25) is 9.84 Å². The molecule has 0 bridgehead atoms. The highest BCUT2D eigenvalue weighted by Crippen LogP contribution is 2.40. The quantitative estimate of drug-likeness (QED) is 0.0415. The first-order valence-corrected chi connectivity index (χ1v) is 19.0. The molecule has 7 heteroatoms. The summed E-state index contributed by atoms with van der Waals surface area (Å²) >= 11 is 0. The average molecular weight is 729 g/mol. The summed E-state index contributed by atoms with van der Waals surface area (Å²) in [6, 6.07) is 0. The Kier molecular flexibility index (Phi) is 21.6. The van der Waals surface area contributed by atoms with Crippen molar-refractivity contribution in [3.05, 3.63) is 206 Å². The van der Waals surface area contributed by atoms with Gasteiger partial charge in [-0.15, -0.1) is 6.58 Å².